The van der Waals surface area contributed by atoms with Crippen LogP contribution in [0.2, 0.25) is 0 Å². The van der Waals surface area contributed by atoms with Crippen molar-refractivity contribution >= 4 is 21.6 Å². The van der Waals surface area contributed by atoms with E-state index in [0.29, 0.717) is 24.5 Å². The van der Waals surface area contributed by atoms with E-state index in [9.17, 15) is 13.2 Å². The molecule has 148 valence electrons. The molecule has 0 saturated carbocycles. The average Bonchev–Trinajstić information content (AvgIpc) is 3.18. The minimum absolute atomic E-state index is 0.0702. The van der Waals surface area contributed by atoms with Crippen LogP contribution in [-0.4, -0.2) is 82.6 Å². The van der Waals surface area contributed by atoms with E-state index in [1.54, 1.807) is 0 Å². The van der Waals surface area contributed by atoms with E-state index < -0.39 is 10.0 Å². The van der Waals surface area contributed by atoms with Crippen LogP contribution in [0.25, 0.3) is 0 Å². The lowest BCUT2D eigenvalue weighted by molar-refractivity contribution is -0.118. The first-order valence-electron chi connectivity index (χ1n) is 9.08. The Kier molecular flexibility index (Phi) is 4.97. The fraction of sp³-hybridized carbons (Fsp3) is 0.588. The number of amides is 1. The van der Waals surface area contributed by atoms with Crippen LogP contribution in [-0.2, 0) is 14.8 Å². The van der Waals surface area contributed by atoms with Crippen LogP contribution >= 0.6 is 0 Å². The number of carbonyl (C=O) groups excluding carboxylic acids is 1. The van der Waals surface area contributed by atoms with Gasteiger partial charge < -0.3 is 20.1 Å². The Morgan fingerprint density at radius 2 is 2.00 bits per heavy atom. The quantitative estimate of drug-likeness (QED) is 0.720. The molecule has 1 atom stereocenters. The van der Waals surface area contributed by atoms with Gasteiger partial charge >= 0.3 is 0 Å². The number of fused-ring (bicyclic) bond motifs is 1. The third kappa shape index (κ3) is 3.49. The number of benzene rings is 1. The van der Waals surface area contributed by atoms with Crippen LogP contribution in [0.5, 0.6) is 11.5 Å². The molecule has 1 aromatic carbocycles. The highest BCUT2D eigenvalue weighted by Gasteiger charge is 2.37. The predicted octanol–water partition coefficient (Wildman–Crippen LogP) is -0.306. The van der Waals surface area contributed by atoms with Crippen molar-refractivity contribution in [1.82, 2.24) is 14.5 Å². The summed E-state index contributed by atoms with van der Waals surface area (Å²) in [7, 11) is -2.31. The van der Waals surface area contributed by atoms with E-state index in [2.05, 4.69) is 15.5 Å². The van der Waals surface area contributed by atoms with Gasteiger partial charge in [-0.25, -0.2) is 8.42 Å². The van der Waals surface area contributed by atoms with Crippen LogP contribution in [0.3, 0.4) is 0 Å². The van der Waals surface area contributed by atoms with E-state index in [0.717, 1.165) is 32.6 Å². The van der Waals surface area contributed by atoms with Crippen molar-refractivity contribution in [2.24, 2.45) is 0 Å². The molecule has 3 aliphatic heterocycles. The second kappa shape index (κ2) is 7.27. The van der Waals surface area contributed by atoms with Crippen LogP contribution in [0, 0.1) is 0 Å². The second-order valence-electron chi connectivity index (χ2n) is 6.93. The first kappa shape index (κ1) is 18.5. The van der Waals surface area contributed by atoms with Crippen LogP contribution in [0.15, 0.2) is 17.0 Å². The van der Waals surface area contributed by atoms with Gasteiger partial charge in [0.15, 0.2) is 6.61 Å². The highest BCUT2D eigenvalue weighted by atomic mass is 32.2. The van der Waals surface area contributed by atoms with E-state index in [4.69, 9.17) is 9.47 Å². The van der Waals surface area contributed by atoms with Gasteiger partial charge in [-0.15, -0.1) is 0 Å². The van der Waals surface area contributed by atoms with Gasteiger partial charge in [-0.05, 0) is 6.42 Å². The summed E-state index contributed by atoms with van der Waals surface area (Å²) in [4.78, 5) is 13.9. The number of rotatable bonds is 4. The third-order valence-electron chi connectivity index (χ3n) is 5.31. The summed E-state index contributed by atoms with van der Waals surface area (Å²) in [5, 5.41) is 5.99. The van der Waals surface area contributed by atoms with Gasteiger partial charge in [-0.3, -0.25) is 9.69 Å². The number of nitrogens with zero attached hydrogens (tertiary/aromatic N) is 2. The molecule has 1 amide bonds. The Labute approximate surface area is 158 Å². The minimum atomic E-state index is -3.73. The molecule has 10 heteroatoms. The molecule has 9 nitrogen and oxygen atoms in total. The number of piperazine rings is 1. The lowest BCUT2D eigenvalue weighted by atomic mass is 10.2. The lowest BCUT2D eigenvalue weighted by Crippen LogP contribution is -2.49. The Bertz CT molecular complexity index is 838. The molecule has 1 unspecified atom stereocenters. The Balaban J connectivity index is 1.59. The summed E-state index contributed by atoms with van der Waals surface area (Å²) in [6.45, 7) is 4.57. The van der Waals surface area contributed by atoms with Crippen molar-refractivity contribution in [3.05, 3.63) is 12.1 Å². The smallest absolute Gasteiger partial charge is 0.262 e. The topological polar surface area (TPSA) is 100 Å². The predicted molar refractivity (Wildman–Crippen MR) is 98.7 cm³/mol. The number of hydrogen-bond donors (Lipinski definition) is 2. The molecule has 0 aromatic heterocycles. The maximum Gasteiger partial charge on any atom is 0.262 e. The summed E-state index contributed by atoms with van der Waals surface area (Å²) in [6, 6.07) is 3.19. The van der Waals surface area contributed by atoms with Gasteiger partial charge in [0.1, 0.15) is 16.4 Å². The maximum absolute atomic E-state index is 13.3. The van der Waals surface area contributed by atoms with E-state index in [1.165, 1.54) is 23.5 Å². The Morgan fingerprint density at radius 3 is 2.74 bits per heavy atom. The van der Waals surface area contributed by atoms with Gasteiger partial charge in [0.2, 0.25) is 10.0 Å². The molecule has 2 saturated heterocycles. The van der Waals surface area contributed by atoms with Gasteiger partial charge in [0.05, 0.1) is 12.8 Å². The molecule has 1 aromatic rings. The zero-order chi connectivity index (χ0) is 19.0. The van der Waals surface area contributed by atoms with Gasteiger partial charge in [0, 0.05) is 57.4 Å². The molecule has 0 aliphatic carbocycles. The normalized spacial score (nSPS) is 24.2. The van der Waals surface area contributed by atoms with E-state index >= 15 is 0 Å². The lowest BCUT2D eigenvalue weighted by Gasteiger charge is -2.32. The first-order valence-corrected chi connectivity index (χ1v) is 10.5. The van der Waals surface area contributed by atoms with Crippen molar-refractivity contribution in [3.8, 4) is 11.5 Å². The number of ether oxygens (including phenoxy) is 2. The Morgan fingerprint density at radius 1 is 1.22 bits per heavy atom. The maximum atomic E-state index is 13.3. The van der Waals surface area contributed by atoms with Gasteiger partial charge in [-0.1, -0.05) is 0 Å². The summed E-state index contributed by atoms with van der Waals surface area (Å²) < 4.78 is 38.7. The summed E-state index contributed by atoms with van der Waals surface area (Å²) in [5.74, 6) is 0.260. The van der Waals surface area contributed by atoms with Crippen molar-refractivity contribution < 1.29 is 22.7 Å². The number of sulfonamides is 1. The monoisotopic (exact) mass is 396 g/mol. The molecule has 0 bridgehead atoms. The largest absolute Gasteiger partial charge is 0.495 e. The summed E-state index contributed by atoms with van der Waals surface area (Å²) >= 11 is 0. The molecule has 27 heavy (non-hydrogen) atoms. The number of nitrogens with one attached hydrogen (secondary N) is 2. The standard InChI is InChI=1S/C17H24N4O5S/c1-25-15-8-13-14(26-11-17(22)19-13)9-16(15)27(23,24)21-5-2-12(10-21)20-6-3-18-4-7-20/h8-9,12,18H,2-7,10-11H2,1H3,(H,19,22). The fourth-order valence-corrected chi connectivity index (χ4v) is 5.51. The fourth-order valence-electron chi connectivity index (χ4n) is 3.86. The molecule has 3 heterocycles. The van der Waals surface area contributed by atoms with Crippen molar-refractivity contribution in [2.45, 2.75) is 17.4 Å². The van der Waals surface area contributed by atoms with E-state index in [-0.39, 0.29) is 29.2 Å². The molecule has 0 spiro atoms. The van der Waals surface area contributed by atoms with Gasteiger partial charge in [-0.2, -0.15) is 4.31 Å². The molecule has 3 aliphatic rings. The number of anilines is 1. The molecule has 4 rings (SSSR count). The average molecular weight is 396 g/mol. The number of hydrogen-bond acceptors (Lipinski definition) is 7. The van der Waals surface area contributed by atoms with Crippen LogP contribution in [0.4, 0.5) is 5.69 Å². The number of carbonyl (C=O) groups is 1. The van der Waals surface area contributed by atoms with Crippen LogP contribution < -0.4 is 20.1 Å². The van der Waals surface area contributed by atoms with E-state index in [1.807, 2.05) is 0 Å². The molecular formula is C17H24N4O5S. The SMILES string of the molecule is COc1cc2c(cc1S(=O)(=O)N1CCC(N3CCNCC3)C1)OCC(=O)N2. The Hall–Kier alpha value is -1.88. The van der Waals surface area contributed by atoms with Gasteiger partial charge in [0.25, 0.3) is 5.91 Å². The van der Waals surface area contributed by atoms with Crippen LogP contribution in [0.1, 0.15) is 6.42 Å². The molecule has 2 N–H and O–H groups in total. The molecule has 2 fully saturated rings. The van der Waals surface area contributed by atoms with Crippen molar-refractivity contribution in [2.75, 3.05) is 58.3 Å². The summed E-state index contributed by atoms with van der Waals surface area (Å²) in [6.07, 6.45) is 0.818. The zero-order valence-corrected chi connectivity index (χ0v) is 16.0. The third-order valence-corrected chi connectivity index (χ3v) is 7.20. The highest BCUT2D eigenvalue weighted by molar-refractivity contribution is 7.89. The highest BCUT2D eigenvalue weighted by Crippen LogP contribution is 2.39. The summed E-state index contributed by atoms with van der Waals surface area (Å²) in [5.41, 5.74) is 0.419. The minimum Gasteiger partial charge on any atom is -0.495 e. The zero-order valence-electron chi connectivity index (χ0n) is 15.2. The molecular weight excluding hydrogens is 372 g/mol. The first-order chi connectivity index (χ1) is 13.0. The van der Waals surface area contributed by atoms with Crippen molar-refractivity contribution in [3.63, 3.8) is 0 Å². The van der Waals surface area contributed by atoms with Crippen molar-refractivity contribution in [1.29, 1.82) is 0 Å². The molecule has 0 radical (unpaired) electrons. The number of methoxy groups -OCH3 is 1. The second-order valence-corrected chi connectivity index (χ2v) is 8.83.